The molecule has 0 N–H and O–H groups in total. The van der Waals surface area contributed by atoms with Crippen molar-refractivity contribution in [2.24, 2.45) is 4.99 Å². The number of carbonyl (C=O) groups excluding carboxylic acids is 1. The summed E-state index contributed by atoms with van der Waals surface area (Å²) in [6.45, 7) is -0.325. The van der Waals surface area contributed by atoms with Crippen molar-refractivity contribution in [3.63, 3.8) is 0 Å². The molecule has 0 fully saturated rings. The van der Waals surface area contributed by atoms with Gasteiger partial charge in [0, 0.05) is 10.0 Å². The van der Waals surface area contributed by atoms with Gasteiger partial charge in [-0.05, 0) is 12.1 Å². The molecule has 2 nitrogen and oxygen atoms in total. The Kier molecular flexibility index (Phi) is 3.28. The second-order valence-corrected chi connectivity index (χ2v) is 3.17. The fraction of sp³-hybridized carbons (Fsp3) is 0.125. The van der Waals surface area contributed by atoms with Gasteiger partial charge in [0.2, 0.25) is 6.08 Å². The zero-order chi connectivity index (χ0) is 9.84. The van der Waals surface area contributed by atoms with E-state index < -0.39 is 11.6 Å². The minimum atomic E-state index is -0.731. The lowest BCUT2D eigenvalue weighted by atomic mass is 10.2. The average molecular weight is 248 g/mol. The average Bonchev–Trinajstić information content (AvgIpc) is 2.02. The van der Waals surface area contributed by atoms with E-state index in [0.717, 1.165) is 12.1 Å². The zero-order valence-corrected chi connectivity index (χ0v) is 7.94. The highest BCUT2D eigenvalue weighted by Crippen LogP contribution is 2.19. The minimum absolute atomic E-state index is 0.230. The van der Waals surface area contributed by atoms with E-state index in [1.807, 2.05) is 0 Å². The van der Waals surface area contributed by atoms with Gasteiger partial charge in [-0.1, -0.05) is 15.9 Å². The molecule has 0 spiro atoms. The molecule has 0 unspecified atom stereocenters. The highest BCUT2D eigenvalue weighted by Gasteiger charge is 2.09. The van der Waals surface area contributed by atoms with Crippen molar-refractivity contribution in [3.8, 4) is 0 Å². The summed E-state index contributed by atoms with van der Waals surface area (Å²) in [6, 6.07) is 2.22. The lowest BCUT2D eigenvalue weighted by Gasteiger charge is -2.00. The van der Waals surface area contributed by atoms with Crippen LogP contribution < -0.4 is 0 Å². The molecule has 1 aromatic carbocycles. The summed E-state index contributed by atoms with van der Waals surface area (Å²) in [7, 11) is 0. The molecular formula is C8H4BrF2NO. The quantitative estimate of drug-likeness (QED) is 0.584. The third-order valence-electron chi connectivity index (χ3n) is 1.41. The molecule has 1 rings (SSSR count). The van der Waals surface area contributed by atoms with E-state index in [1.165, 1.54) is 6.08 Å². The number of nitrogens with zero attached hydrogens (tertiary/aromatic N) is 1. The molecule has 0 bridgehead atoms. The van der Waals surface area contributed by atoms with Crippen LogP contribution in [0.25, 0.3) is 0 Å². The van der Waals surface area contributed by atoms with Crippen molar-refractivity contribution in [1.29, 1.82) is 0 Å². The van der Waals surface area contributed by atoms with Crippen molar-refractivity contribution in [2.75, 3.05) is 0 Å². The Hall–Kier alpha value is -1.06. The molecule has 0 saturated carbocycles. The first-order valence-electron chi connectivity index (χ1n) is 3.32. The normalized spacial score (nSPS) is 9.46. The predicted octanol–water partition coefficient (Wildman–Crippen LogP) is 2.56. The predicted molar refractivity (Wildman–Crippen MR) is 45.9 cm³/mol. The highest BCUT2D eigenvalue weighted by molar-refractivity contribution is 9.10. The molecule has 0 atom stereocenters. The molecule has 68 valence electrons. The summed E-state index contributed by atoms with van der Waals surface area (Å²) < 4.78 is 26.3. The molecule has 0 aromatic heterocycles. The second kappa shape index (κ2) is 4.25. The summed E-state index contributed by atoms with van der Waals surface area (Å²) in [4.78, 5) is 12.8. The SMILES string of the molecule is O=C=NCc1c(F)cc(Br)cc1F. The Balaban J connectivity index is 3.12. The molecule has 0 aliphatic rings. The van der Waals surface area contributed by atoms with Gasteiger partial charge in [-0.2, -0.15) is 0 Å². The lowest BCUT2D eigenvalue weighted by Crippen LogP contribution is -1.94. The van der Waals surface area contributed by atoms with Crippen molar-refractivity contribution in [3.05, 3.63) is 33.8 Å². The van der Waals surface area contributed by atoms with E-state index in [9.17, 15) is 13.6 Å². The molecule has 0 aliphatic carbocycles. The van der Waals surface area contributed by atoms with Crippen molar-refractivity contribution >= 4 is 22.0 Å². The Labute approximate surface area is 81.4 Å². The summed E-state index contributed by atoms with van der Waals surface area (Å²) >= 11 is 2.93. The van der Waals surface area contributed by atoms with Crippen LogP contribution in [0, 0.1) is 11.6 Å². The van der Waals surface area contributed by atoms with E-state index in [0.29, 0.717) is 4.47 Å². The molecule has 0 amide bonds. The van der Waals surface area contributed by atoms with Gasteiger partial charge in [-0.3, -0.25) is 0 Å². The van der Waals surface area contributed by atoms with Gasteiger partial charge in [-0.25, -0.2) is 18.6 Å². The van der Waals surface area contributed by atoms with Crippen LogP contribution >= 0.6 is 15.9 Å². The number of benzene rings is 1. The first-order chi connectivity index (χ1) is 6.15. The van der Waals surface area contributed by atoms with E-state index >= 15 is 0 Å². The van der Waals surface area contributed by atoms with Crippen LogP contribution in [-0.2, 0) is 11.3 Å². The largest absolute Gasteiger partial charge is 0.235 e. The maximum absolute atomic E-state index is 13.0. The van der Waals surface area contributed by atoms with E-state index in [-0.39, 0.29) is 12.1 Å². The van der Waals surface area contributed by atoms with Crippen molar-refractivity contribution in [2.45, 2.75) is 6.54 Å². The Morgan fingerprint density at radius 3 is 2.38 bits per heavy atom. The fourth-order valence-electron chi connectivity index (χ4n) is 0.834. The van der Waals surface area contributed by atoms with Gasteiger partial charge in [0.1, 0.15) is 11.6 Å². The third-order valence-corrected chi connectivity index (χ3v) is 1.87. The Bertz CT molecular complexity index is 351. The van der Waals surface area contributed by atoms with Gasteiger partial charge in [0.05, 0.1) is 6.54 Å². The number of hydrogen-bond acceptors (Lipinski definition) is 2. The molecule has 0 saturated heterocycles. The highest BCUT2D eigenvalue weighted by atomic mass is 79.9. The van der Waals surface area contributed by atoms with Crippen LogP contribution in [0.1, 0.15) is 5.56 Å². The number of rotatable bonds is 2. The van der Waals surface area contributed by atoms with Crippen molar-refractivity contribution < 1.29 is 13.6 Å². The lowest BCUT2D eigenvalue weighted by molar-refractivity contribution is 0.549. The first-order valence-corrected chi connectivity index (χ1v) is 4.11. The summed E-state index contributed by atoms with van der Waals surface area (Å²) in [6.07, 6.45) is 1.22. The summed E-state index contributed by atoms with van der Waals surface area (Å²) in [5.41, 5.74) is -0.230. The van der Waals surface area contributed by atoms with Gasteiger partial charge < -0.3 is 0 Å². The van der Waals surface area contributed by atoms with E-state index in [2.05, 4.69) is 20.9 Å². The molecule has 13 heavy (non-hydrogen) atoms. The molecular weight excluding hydrogens is 244 g/mol. The van der Waals surface area contributed by atoms with Crippen LogP contribution in [-0.4, -0.2) is 6.08 Å². The van der Waals surface area contributed by atoms with Crippen LogP contribution in [0.4, 0.5) is 8.78 Å². The molecule has 1 aromatic rings. The first kappa shape index (κ1) is 10.0. The maximum Gasteiger partial charge on any atom is 0.235 e. The molecule has 0 aliphatic heterocycles. The van der Waals surface area contributed by atoms with Gasteiger partial charge >= 0.3 is 0 Å². The second-order valence-electron chi connectivity index (χ2n) is 2.26. The molecule has 0 radical (unpaired) electrons. The van der Waals surface area contributed by atoms with Gasteiger partial charge in [-0.15, -0.1) is 0 Å². The number of aliphatic imine (C=N–C) groups is 1. The Morgan fingerprint density at radius 1 is 1.38 bits per heavy atom. The Morgan fingerprint density at radius 2 is 1.92 bits per heavy atom. The van der Waals surface area contributed by atoms with Crippen LogP contribution in [0.2, 0.25) is 0 Å². The maximum atomic E-state index is 13.0. The monoisotopic (exact) mass is 247 g/mol. The molecule has 5 heteroatoms. The van der Waals surface area contributed by atoms with Crippen LogP contribution in [0.15, 0.2) is 21.6 Å². The fourth-order valence-corrected chi connectivity index (χ4v) is 1.24. The van der Waals surface area contributed by atoms with E-state index in [1.54, 1.807) is 0 Å². The molecule has 0 heterocycles. The van der Waals surface area contributed by atoms with E-state index in [4.69, 9.17) is 0 Å². The minimum Gasteiger partial charge on any atom is -0.211 e. The smallest absolute Gasteiger partial charge is 0.211 e. The van der Waals surface area contributed by atoms with Crippen LogP contribution in [0.5, 0.6) is 0 Å². The summed E-state index contributed by atoms with van der Waals surface area (Å²) in [5.74, 6) is -1.46. The topological polar surface area (TPSA) is 29.4 Å². The van der Waals surface area contributed by atoms with Gasteiger partial charge in [0.15, 0.2) is 0 Å². The van der Waals surface area contributed by atoms with Gasteiger partial charge in [0.25, 0.3) is 0 Å². The standard InChI is InChI=1S/C8H4BrF2NO/c9-5-1-7(10)6(3-12-4-13)8(11)2-5/h1-2H,3H2. The third kappa shape index (κ3) is 2.44. The zero-order valence-electron chi connectivity index (χ0n) is 6.35. The van der Waals surface area contributed by atoms with Crippen molar-refractivity contribution in [1.82, 2.24) is 0 Å². The van der Waals surface area contributed by atoms with Crippen LogP contribution in [0.3, 0.4) is 0 Å². The number of isocyanates is 1. The number of hydrogen-bond donors (Lipinski definition) is 0. The number of halogens is 3. The summed E-state index contributed by atoms with van der Waals surface area (Å²) in [5, 5.41) is 0.